The van der Waals surface area contributed by atoms with Gasteiger partial charge in [-0.3, -0.25) is 0 Å². The highest BCUT2D eigenvalue weighted by atomic mass is 32.2. The Morgan fingerprint density at radius 1 is 1.15 bits per heavy atom. The van der Waals surface area contributed by atoms with Crippen molar-refractivity contribution in [1.29, 1.82) is 0 Å². The van der Waals surface area contributed by atoms with E-state index in [1.54, 1.807) is 6.26 Å². The molecule has 0 unspecified atom stereocenters. The number of rotatable bonds is 5. The fourth-order valence-corrected chi connectivity index (χ4v) is 2.50. The third-order valence-corrected chi connectivity index (χ3v) is 3.63. The average Bonchev–Trinajstić information content (AvgIpc) is 2.46. The first kappa shape index (κ1) is 14.9. The van der Waals surface area contributed by atoms with E-state index in [2.05, 4.69) is 0 Å². The molecule has 0 aliphatic rings. The maximum Gasteiger partial charge on any atom is 0.489 e. The SMILES string of the molecule is CSc1c(B(O)O)ccc(OCc2ccccc2)c1F. The quantitative estimate of drug-likeness (QED) is 0.652. The first-order valence-electron chi connectivity index (χ1n) is 6.02. The molecule has 0 saturated carbocycles. The van der Waals surface area contributed by atoms with E-state index in [1.807, 2.05) is 30.3 Å². The molecule has 0 fully saturated rings. The fourth-order valence-electron chi connectivity index (χ4n) is 1.81. The number of hydrogen-bond acceptors (Lipinski definition) is 4. The molecule has 0 bridgehead atoms. The zero-order valence-corrected chi connectivity index (χ0v) is 11.7. The maximum absolute atomic E-state index is 14.2. The Kier molecular flexibility index (Phi) is 5.06. The van der Waals surface area contributed by atoms with Crippen LogP contribution in [0.5, 0.6) is 5.75 Å². The van der Waals surface area contributed by atoms with E-state index < -0.39 is 12.9 Å². The second-order valence-electron chi connectivity index (χ2n) is 4.15. The molecule has 20 heavy (non-hydrogen) atoms. The predicted octanol–water partition coefficient (Wildman–Crippen LogP) is 1.81. The molecule has 0 aromatic heterocycles. The summed E-state index contributed by atoms with van der Waals surface area (Å²) >= 11 is 1.11. The van der Waals surface area contributed by atoms with Crippen molar-refractivity contribution >= 4 is 24.3 Å². The highest BCUT2D eigenvalue weighted by Gasteiger charge is 2.21. The summed E-state index contributed by atoms with van der Waals surface area (Å²) in [6.45, 7) is 0.257. The van der Waals surface area contributed by atoms with Crippen molar-refractivity contribution in [1.82, 2.24) is 0 Å². The van der Waals surface area contributed by atoms with Gasteiger partial charge < -0.3 is 14.8 Å². The van der Waals surface area contributed by atoms with E-state index in [9.17, 15) is 14.4 Å². The van der Waals surface area contributed by atoms with Gasteiger partial charge in [-0.25, -0.2) is 4.39 Å². The molecule has 104 valence electrons. The highest BCUT2D eigenvalue weighted by Crippen LogP contribution is 2.26. The van der Waals surface area contributed by atoms with Crippen molar-refractivity contribution in [2.45, 2.75) is 11.5 Å². The minimum atomic E-state index is -1.70. The van der Waals surface area contributed by atoms with Crippen LogP contribution in [0, 0.1) is 5.82 Å². The van der Waals surface area contributed by atoms with E-state index in [0.29, 0.717) is 0 Å². The summed E-state index contributed by atoms with van der Waals surface area (Å²) in [5, 5.41) is 18.4. The van der Waals surface area contributed by atoms with E-state index in [1.165, 1.54) is 12.1 Å². The maximum atomic E-state index is 14.2. The summed E-state index contributed by atoms with van der Waals surface area (Å²) in [5.74, 6) is -0.471. The lowest BCUT2D eigenvalue weighted by atomic mass is 9.80. The molecule has 0 radical (unpaired) electrons. The Hall–Kier alpha value is -1.50. The lowest BCUT2D eigenvalue weighted by Gasteiger charge is -2.12. The molecule has 0 aliphatic heterocycles. The van der Waals surface area contributed by atoms with Crippen LogP contribution in [-0.2, 0) is 6.61 Å². The summed E-state index contributed by atoms with van der Waals surface area (Å²) in [7, 11) is -1.70. The van der Waals surface area contributed by atoms with Gasteiger partial charge >= 0.3 is 7.12 Å². The van der Waals surface area contributed by atoms with Gasteiger partial charge in [0.2, 0.25) is 0 Å². The Labute approximate surface area is 121 Å². The van der Waals surface area contributed by atoms with Crippen LogP contribution in [0.1, 0.15) is 5.56 Å². The van der Waals surface area contributed by atoms with Crippen LogP contribution >= 0.6 is 11.8 Å². The van der Waals surface area contributed by atoms with Crippen LogP contribution in [0.25, 0.3) is 0 Å². The van der Waals surface area contributed by atoms with Gasteiger partial charge in [0, 0.05) is 4.90 Å². The van der Waals surface area contributed by atoms with Crippen molar-refractivity contribution in [3.63, 3.8) is 0 Å². The summed E-state index contributed by atoms with van der Waals surface area (Å²) < 4.78 is 19.7. The van der Waals surface area contributed by atoms with Gasteiger partial charge in [-0.05, 0) is 23.3 Å². The molecule has 0 spiro atoms. The summed E-state index contributed by atoms with van der Waals surface area (Å²) in [5.41, 5.74) is 1.07. The molecular weight excluding hydrogens is 278 g/mol. The predicted molar refractivity (Wildman–Crippen MR) is 78.8 cm³/mol. The Morgan fingerprint density at radius 3 is 2.45 bits per heavy atom. The minimum absolute atomic E-state index is 0.0996. The van der Waals surface area contributed by atoms with Crippen molar-refractivity contribution in [2.24, 2.45) is 0 Å². The molecule has 0 heterocycles. The topological polar surface area (TPSA) is 49.7 Å². The number of thioether (sulfide) groups is 1. The van der Waals surface area contributed by atoms with Gasteiger partial charge in [0.1, 0.15) is 6.61 Å². The van der Waals surface area contributed by atoms with Gasteiger partial charge in [-0.1, -0.05) is 36.4 Å². The van der Waals surface area contributed by atoms with Crippen molar-refractivity contribution in [3.8, 4) is 5.75 Å². The molecule has 2 N–H and O–H groups in total. The molecule has 6 heteroatoms. The molecule has 0 aliphatic carbocycles. The van der Waals surface area contributed by atoms with Gasteiger partial charge in [0.05, 0.1) is 0 Å². The Bertz CT molecular complexity index is 578. The van der Waals surface area contributed by atoms with E-state index >= 15 is 0 Å². The van der Waals surface area contributed by atoms with Gasteiger partial charge in [-0.15, -0.1) is 11.8 Å². The molecule has 0 saturated heterocycles. The van der Waals surface area contributed by atoms with Crippen molar-refractivity contribution < 1.29 is 19.2 Å². The molecule has 2 rings (SSSR count). The minimum Gasteiger partial charge on any atom is -0.486 e. The molecule has 2 aromatic carbocycles. The molecule has 3 nitrogen and oxygen atoms in total. The first-order valence-corrected chi connectivity index (χ1v) is 7.25. The van der Waals surface area contributed by atoms with E-state index in [4.69, 9.17) is 4.74 Å². The van der Waals surface area contributed by atoms with Crippen LogP contribution < -0.4 is 10.2 Å². The van der Waals surface area contributed by atoms with Gasteiger partial charge in [0.15, 0.2) is 11.6 Å². The lowest BCUT2D eigenvalue weighted by molar-refractivity contribution is 0.288. The van der Waals surface area contributed by atoms with Gasteiger partial charge in [0.25, 0.3) is 0 Å². The monoisotopic (exact) mass is 292 g/mol. The van der Waals surface area contributed by atoms with Gasteiger partial charge in [-0.2, -0.15) is 0 Å². The van der Waals surface area contributed by atoms with Crippen LogP contribution in [0.4, 0.5) is 4.39 Å². The first-order chi connectivity index (χ1) is 9.63. The normalized spacial score (nSPS) is 10.4. The summed E-state index contributed by atoms with van der Waals surface area (Å²) in [6.07, 6.45) is 1.67. The lowest BCUT2D eigenvalue weighted by Crippen LogP contribution is -2.32. The smallest absolute Gasteiger partial charge is 0.486 e. The highest BCUT2D eigenvalue weighted by molar-refractivity contribution is 7.98. The largest absolute Gasteiger partial charge is 0.489 e. The number of benzene rings is 2. The molecular formula is C14H14BFO3S. The Morgan fingerprint density at radius 2 is 1.85 bits per heavy atom. The second kappa shape index (κ2) is 6.79. The number of hydrogen-bond donors (Lipinski definition) is 2. The van der Waals surface area contributed by atoms with Crippen LogP contribution in [0.2, 0.25) is 0 Å². The summed E-state index contributed by atoms with van der Waals surface area (Å²) in [4.78, 5) is 0.186. The number of ether oxygens (including phenoxy) is 1. The standard InChI is InChI=1S/C14H14BFO3S/c1-20-14-11(15(17)18)7-8-12(13(14)16)19-9-10-5-3-2-4-6-10/h2-8,17-18H,9H2,1H3. The second-order valence-corrected chi connectivity index (χ2v) is 4.96. The van der Waals surface area contributed by atoms with Crippen molar-refractivity contribution in [3.05, 3.63) is 53.8 Å². The third-order valence-electron chi connectivity index (χ3n) is 2.81. The summed E-state index contributed by atoms with van der Waals surface area (Å²) in [6, 6.07) is 12.3. The zero-order chi connectivity index (χ0) is 14.5. The van der Waals surface area contributed by atoms with Crippen molar-refractivity contribution in [2.75, 3.05) is 6.26 Å². The zero-order valence-electron chi connectivity index (χ0n) is 10.9. The number of halogens is 1. The Balaban J connectivity index is 2.21. The molecule has 0 amide bonds. The van der Waals surface area contributed by atoms with Crippen LogP contribution in [0.3, 0.4) is 0 Å². The average molecular weight is 292 g/mol. The van der Waals surface area contributed by atoms with Crippen LogP contribution in [0.15, 0.2) is 47.4 Å². The molecule has 2 aromatic rings. The van der Waals surface area contributed by atoms with E-state index in [-0.39, 0.29) is 22.7 Å². The third kappa shape index (κ3) is 3.33. The fraction of sp³-hybridized carbons (Fsp3) is 0.143. The van der Waals surface area contributed by atoms with Crippen LogP contribution in [-0.4, -0.2) is 23.4 Å². The van der Waals surface area contributed by atoms with E-state index in [0.717, 1.165) is 17.3 Å². The molecule has 0 atom stereocenters.